The van der Waals surface area contributed by atoms with E-state index in [0.717, 1.165) is 6.54 Å². The molecule has 1 aliphatic heterocycles. The van der Waals surface area contributed by atoms with Crippen molar-refractivity contribution in [3.63, 3.8) is 0 Å². The van der Waals surface area contributed by atoms with Gasteiger partial charge in [0.1, 0.15) is 0 Å². The normalized spacial score (nSPS) is 19.4. The number of rotatable bonds is 0. The molecule has 0 saturated carbocycles. The minimum atomic E-state index is 1.07. The Balaban J connectivity index is 2.26. The molecule has 3 heteroatoms. The van der Waals surface area contributed by atoms with E-state index in [-0.39, 0.29) is 0 Å². The van der Waals surface area contributed by atoms with Crippen LogP contribution in [0.3, 0.4) is 0 Å². The summed E-state index contributed by atoms with van der Waals surface area (Å²) in [6.07, 6.45) is 3.42. The molecule has 0 aromatic carbocycles. The van der Waals surface area contributed by atoms with Crippen molar-refractivity contribution in [2.24, 2.45) is 0 Å². The molecule has 2 nitrogen and oxygen atoms in total. The van der Waals surface area contributed by atoms with Crippen LogP contribution in [0.15, 0.2) is 18.3 Å². The van der Waals surface area contributed by atoms with Crippen LogP contribution in [-0.4, -0.2) is 15.8 Å². The van der Waals surface area contributed by atoms with E-state index in [1.165, 1.54) is 25.2 Å². The monoisotopic (exact) mass is 168 g/mol. The summed E-state index contributed by atoms with van der Waals surface area (Å²) in [6.45, 7) is 3.43. The quantitative estimate of drug-likeness (QED) is 0.533. The zero-order chi connectivity index (χ0) is 7.68. The molecule has 0 spiro atoms. The van der Waals surface area contributed by atoms with E-state index in [4.69, 9.17) is 0 Å². The van der Waals surface area contributed by atoms with Crippen LogP contribution in [0.5, 0.6) is 0 Å². The number of aromatic nitrogens is 1. The van der Waals surface area contributed by atoms with Crippen molar-refractivity contribution in [1.29, 1.82) is 0 Å². The van der Waals surface area contributed by atoms with Gasteiger partial charge < -0.3 is 4.57 Å². The van der Waals surface area contributed by atoms with E-state index < -0.39 is 0 Å². The molecule has 0 amide bonds. The summed E-state index contributed by atoms with van der Waals surface area (Å²) in [7, 11) is 2.77. The predicted molar refractivity (Wildman–Crippen MR) is 49.2 cm³/mol. The molecule has 2 rings (SSSR count). The minimum absolute atomic E-state index is 1.07. The lowest BCUT2D eigenvalue weighted by atomic mass is 10.4. The molecule has 1 aromatic rings. The van der Waals surface area contributed by atoms with Crippen LogP contribution in [0.25, 0.3) is 0 Å². The average molecular weight is 168 g/mol. The van der Waals surface area contributed by atoms with E-state index in [1.807, 2.05) is 0 Å². The number of hydrogen-bond acceptors (Lipinski definition) is 1. The summed E-state index contributed by atoms with van der Waals surface area (Å²) in [5.74, 6) is 0. The maximum Gasteiger partial charge on any atom is 0.0421 e. The predicted octanol–water partition coefficient (Wildman–Crippen LogP) is 1.48. The number of aryl methyl sites for hydroxylation is 1. The second kappa shape index (κ2) is 2.96. The summed E-state index contributed by atoms with van der Waals surface area (Å²) in [4.78, 5) is 0. The lowest BCUT2D eigenvalue weighted by Crippen LogP contribution is -2.09. The smallest absolute Gasteiger partial charge is 0.0421 e. The fraction of sp³-hybridized carbons (Fsp3) is 0.500. The highest BCUT2D eigenvalue weighted by molar-refractivity contribution is 7.13. The van der Waals surface area contributed by atoms with Crippen LogP contribution >= 0.6 is 9.39 Å². The van der Waals surface area contributed by atoms with Gasteiger partial charge in [0.25, 0.3) is 0 Å². The van der Waals surface area contributed by atoms with Crippen LogP contribution in [0, 0.1) is 0 Å². The highest BCUT2D eigenvalue weighted by Gasteiger charge is 2.08. The van der Waals surface area contributed by atoms with E-state index in [9.17, 15) is 0 Å². The molecule has 1 aromatic heterocycles. The Hall–Kier alpha value is -0.330. The molecular formula is C8H13N2P. The number of nitrogens with zero attached hydrogens (tertiary/aromatic N) is 2. The second-order valence-electron chi connectivity index (χ2n) is 3.02. The van der Waals surface area contributed by atoms with Crippen molar-refractivity contribution in [2.75, 3.05) is 6.54 Å². The van der Waals surface area contributed by atoms with Gasteiger partial charge in [-0.25, -0.2) is 0 Å². The molecule has 2 heterocycles. The van der Waals surface area contributed by atoms with Gasteiger partial charge in [-0.05, 0) is 18.6 Å². The molecule has 0 radical (unpaired) electrons. The number of fused-ring (bicyclic) bond motifs is 1. The minimum Gasteiger partial charge on any atom is -0.350 e. The van der Waals surface area contributed by atoms with Gasteiger partial charge in [-0.2, -0.15) is 0 Å². The van der Waals surface area contributed by atoms with E-state index >= 15 is 0 Å². The summed E-state index contributed by atoms with van der Waals surface area (Å²) < 4.78 is 4.63. The lowest BCUT2D eigenvalue weighted by Gasteiger charge is -2.10. The molecule has 0 aliphatic carbocycles. The number of hydrogen-bond donors (Lipinski definition) is 0. The van der Waals surface area contributed by atoms with Gasteiger partial charge in [-0.1, -0.05) is 9.39 Å². The van der Waals surface area contributed by atoms with Crippen LogP contribution < -0.4 is 0 Å². The maximum atomic E-state index is 2.77. The van der Waals surface area contributed by atoms with Crippen molar-refractivity contribution < 1.29 is 0 Å². The molecule has 1 aliphatic rings. The van der Waals surface area contributed by atoms with Gasteiger partial charge in [0, 0.05) is 31.5 Å². The second-order valence-corrected chi connectivity index (χ2v) is 3.75. The van der Waals surface area contributed by atoms with Crippen LogP contribution in [0.2, 0.25) is 0 Å². The molecule has 0 N–H and O–H groups in total. The zero-order valence-corrected chi connectivity index (χ0v) is 7.69. The summed E-state index contributed by atoms with van der Waals surface area (Å²) in [5.41, 5.74) is 1.43. The SMILES string of the molecule is PN1CCCn2cccc2C1. The van der Waals surface area contributed by atoms with Gasteiger partial charge in [-0.3, -0.25) is 4.67 Å². The fourth-order valence-corrected chi connectivity index (χ4v) is 1.91. The summed E-state index contributed by atoms with van der Waals surface area (Å²) in [6, 6.07) is 4.32. The first-order valence-electron chi connectivity index (χ1n) is 4.00. The summed E-state index contributed by atoms with van der Waals surface area (Å²) in [5, 5.41) is 0. The first-order valence-corrected chi connectivity index (χ1v) is 4.51. The maximum absolute atomic E-state index is 2.77. The van der Waals surface area contributed by atoms with Gasteiger partial charge in [0.2, 0.25) is 0 Å². The average Bonchev–Trinajstić information content (AvgIpc) is 2.31. The molecule has 11 heavy (non-hydrogen) atoms. The highest BCUT2D eigenvalue weighted by Crippen LogP contribution is 2.15. The fourth-order valence-electron chi connectivity index (χ4n) is 1.54. The topological polar surface area (TPSA) is 8.17 Å². The van der Waals surface area contributed by atoms with Crippen molar-refractivity contribution in [1.82, 2.24) is 9.24 Å². The third-order valence-corrected chi connectivity index (χ3v) is 2.57. The molecule has 1 unspecified atom stereocenters. The molecule has 0 saturated heterocycles. The van der Waals surface area contributed by atoms with Crippen LogP contribution in [-0.2, 0) is 13.1 Å². The molecule has 60 valence electrons. The van der Waals surface area contributed by atoms with Crippen molar-refractivity contribution in [3.05, 3.63) is 24.0 Å². The molecule has 1 atom stereocenters. The van der Waals surface area contributed by atoms with E-state index in [0.29, 0.717) is 0 Å². The van der Waals surface area contributed by atoms with Gasteiger partial charge >= 0.3 is 0 Å². The Morgan fingerprint density at radius 3 is 3.18 bits per heavy atom. The largest absolute Gasteiger partial charge is 0.350 e. The molecular weight excluding hydrogens is 155 g/mol. The Kier molecular flexibility index (Phi) is 1.97. The Morgan fingerprint density at radius 1 is 1.36 bits per heavy atom. The summed E-state index contributed by atoms with van der Waals surface area (Å²) >= 11 is 0. The van der Waals surface area contributed by atoms with Crippen LogP contribution in [0.1, 0.15) is 12.1 Å². The van der Waals surface area contributed by atoms with E-state index in [1.54, 1.807) is 0 Å². The molecule has 0 bridgehead atoms. The van der Waals surface area contributed by atoms with Crippen molar-refractivity contribution in [3.8, 4) is 0 Å². The van der Waals surface area contributed by atoms with Gasteiger partial charge in [-0.15, -0.1) is 0 Å². The third-order valence-electron chi connectivity index (χ3n) is 2.13. The Labute approximate surface area is 69.5 Å². The molecule has 0 fully saturated rings. The van der Waals surface area contributed by atoms with Gasteiger partial charge in [0.05, 0.1) is 0 Å². The third kappa shape index (κ3) is 1.47. The standard InChI is InChI=1S/C8H13N2P/c11-10-6-2-5-9-4-1-3-8(9)7-10/h1,3-4H,2,5-7,11H2. The first-order chi connectivity index (χ1) is 5.36. The van der Waals surface area contributed by atoms with Crippen LogP contribution in [0.4, 0.5) is 0 Å². The van der Waals surface area contributed by atoms with Crippen molar-refractivity contribution >= 4 is 9.39 Å². The van der Waals surface area contributed by atoms with Crippen molar-refractivity contribution in [2.45, 2.75) is 19.5 Å². The van der Waals surface area contributed by atoms with E-state index in [2.05, 4.69) is 37.0 Å². The Bertz CT molecular complexity index is 244. The highest BCUT2D eigenvalue weighted by atomic mass is 31.0. The Morgan fingerprint density at radius 2 is 2.27 bits per heavy atom. The zero-order valence-electron chi connectivity index (χ0n) is 6.53. The first kappa shape index (κ1) is 7.33. The lowest BCUT2D eigenvalue weighted by molar-refractivity contribution is 0.470. The van der Waals surface area contributed by atoms with Gasteiger partial charge in [0.15, 0.2) is 0 Å².